The van der Waals surface area contributed by atoms with Gasteiger partial charge in [0.1, 0.15) is 5.84 Å². The summed E-state index contributed by atoms with van der Waals surface area (Å²) in [6, 6.07) is 0.626. The number of nitrogens with zero attached hydrogens (tertiary/aromatic N) is 2. The van der Waals surface area contributed by atoms with E-state index in [0.717, 1.165) is 19.0 Å². The molecule has 0 aromatic rings. The third-order valence-corrected chi connectivity index (χ3v) is 3.31. The van der Waals surface area contributed by atoms with E-state index < -0.39 is 0 Å². The van der Waals surface area contributed by atoms with Crippen molar-refractivity contribution < 1.29 is 0 Å². The van der Waals surface area contributed by atoms with Gasteiger partial charge >= 0.3 is 0 Å². The molecule has 2 aliphatic rings. The maximum absolute atomic E-state index is 4.81. The molecular formula is C15H28N2. The number of amidine groups is 1. The highest BCUT2D eigenvalue weighted by atomic mass is 15.2. The van der Waals surface area contributed by atoms with Gasteiger partial charge in [0.2, 0.25) is 0 Å². The van der Waals surface area contributed by atoms with Crippen molar-refractivity contribution in [3.05, 3.63) is 11.6 Å². The molecule has 0 radical (unpaired) electrons. The Morgan fingerprint density at radius 3 is 2.29 bits per heavy atom. The van der Waals surface area contributed by atoms with Crippen LogP contribution in [0, 0.1) is 5.92 Å². The van der Waals surface area contributed by atoms with Crippen LogP contribution in [0.15, 0.2) is 16.6 Å². The van der Waals surface area contributed by atoms with E-state index >= 15 is 0 Å². The van der Waals surface area contributed by atoms with Gasteiger partial charge in [-0.1, -0.05) is 33.3 Å². The summed E-state index contributed by atoms with van der Waals surface area (Å²) in [6.45, 7) is 13.0. The highest BCUT2D eigenvalue weighted by Gasteiger charge is 2.41. The number of hydrogen-bond donors (Lipinski definition) is 0. The van der Waals surface area contributed by atoms with Gasteiger partial charge in [0.25, 0.3) is 0 Å². The molecule has 0 bridgehead atoms. The Labute approximate surface area is 107 Å². The highest BCUT2D eigenvalue weighted by Crippen LogP contribution is 2.42. The largest absolute Gasteiger partial charge is 0.357 e. The van der Waals surface area contributed by atoms with Gasteiger partial charge in [0, 0.05) is 19.0 Å². The molecular weight excluding hydrogens is 208 g/mol. The molecule has 1 aliphatic heterocycles. The molecule has 2 atom stereocenters. The average Bonchev–Trinajstić information content (AvgIpc) is 3.11. The first-order valence-corrected chi connectivity index (χ1v) is 7.27. The first kappa shape index (κ1) is 14.3. The van der Waals surface area contributed by atoms with Crippen molar-refractivity contribution in [1.82, 2.24) is 4.90 Å². The normalized spacial score (nSPS) is 25.0. The van der Waals surface area contributed by atoms with E-state index in [1.54, 1.807) is 5.57 Å². The fourth-order valence-corrected chi connectivity index (χ4v) is 2.39. The second kappa shape index (κ2) is 6.83. The van der Waals surface area contributed by atoms with Crippen molar-refractivity contribution in [2.45, 2.75) is 59.9 Å². The summed E-state index contributed by atoms with van der Waals surface area (Å²) in [6.07, 6.45) is 6.01. The Morgan fingerprint density at radius 2 is 1.82 bits per heavy atom. The summed E-state index contributed by atoms with van der Waals surface area (Å²) in [7, 11) is 0. The van der Waals surface area contributed by atoms with Crippen LogP contribution in [0.2, 0.25) is 0 Å². The lowest BCUT2D eigenvalue weighted by atomic mass is 10.1. The second-order valence-corrected chi connectivity index (χ2v) is 4.77. The maximum atomic E-state index is 4.81. The van der Waals surface area contributed by atoms with Crippen LogP contribution < -0.4 is 0 Å². The minimum Gasteiger partial charge on any atom is -0.357 e. The van der Waals surface area contributed by atoms with E-state index in [-0.39, 0.29) is 0 Å². The molecule has 0 aromatic carbocycles. The summed E-state index contributed by atoms with van der Waals surface area (Å²) < 4.78 is 0. The third-order valence-electron chi connectivity index (χ3n) is 3.31. The summed E-state index contributed by atoms with van der Waals surface area (Å²) in [4.78, 5) is 7.25. The fraction of sp³-hybridized carbons (Fsp3) is 0.800. The average molecular weight is 236 g/mol. The van der Waals surface area contributed by atoms with Gasteiger partial charge in [-0.05, 0) is 32.3 Å². The zero-order valence-electron chi connectivity index (χ0n) is 12.2. The first-order valence-electron chi connectivity index (χ1n) is 7.27. The van der Waals surface area contributed by atoms with E-state index in [9.17, 15) is 0 Å². The van der Waals surface area contributed by atoms with Gasteiger partial charge in [-0.15, -0.1) is 0 Å². The topological polar surface area (TPSA) is 15.6 Å². The first-order chi connectivity index (χ1) is 8.26. The number of fused-ring (bicyclic) bond motifs is 1. The van der Waals surface area contributed by atoms with E-state index in [0.29, 0.717) is 6.04 Å². The molecule has 2 rings (SSSR count). The second-order valence-electron chi connectivity index (χ2n) is 4.77. The number of dihydropyridines is 1. The smallest absolute Gasteiger partial charge is 0.123 e. The van der Waals surface area contributed by atoms with Crippen LogP contribution in [0.5, 0.6) is 0 Å². The van der Waals surface area contributed by atoms with Crippen LogP contribution in [0.4, 0.5) is 0 Å². The van der Waals surface area contributed by atoms with Gasteiger partial charge in [0.15, 0.2) is 0 Å². The molecule has 2 heteroatoms. The van der Waals surface area contributed by atoms with Gasteiger partial charge in [-0.25, -0.2) is 0 Å². The van der Waals surface area contributed by atoms with E-state index in [2.05, 4.69) is 31.7 Å². The highest BCUT2D eigenvalue weighted by molar-refractivity contribution is 5.95. The molecule has 0 aromatic heterocycles. The minimum atomic E-state index is 0.626. The van der Waals surface area contributed by atoms with Crippen LogP contribution in [0.1, 0.15) is 53.9 Å². The summed E-state index contributed by atoms with van der Waals surface area (Å²) in [5.41, 5.74) is 1.54. The number of rotatable bonds is 4. The lowest BCUT2D eigenvalue weighted by Gasteiger charge is -2.25. The Bertz CT molecular complexity index is 285. The van der Waals surface area contributed by atoms with Gasteiger partial charge in [0.05, 0.1) is 6.04 Å². The predicted molar refractivity (Wildman–Crippen MR) is 76.6 cm³/mol. The SMILES string of the molecule is CC.CCCN(CCC)C1=NC2CC2C(C)=C1. The molecule has 0 N–H and O–H groups in total. The number of aliphatic imine (C=N–C) groups is 1. The van der Waals surface area contributed by atoms with E-state index in [1.807, 2.05) is 13.8 Å². The predicted octanol–water partition coefficient (Wildman–Crippen LogP) is 3.88. The summed E-state index contributed by atoms with van der Waals surface area (Å²) >= 11 is 0. The van der Waals surface area contributed by atoms with Crippen molar-refractivity contribution in [2.24, 2.45) is 10.9 Å². The van der Waals surface area contributed by atoms with Crippen LogP contribution in [-0.2, 0) is 0 Å². The zero-order chi connectivity index (χ0) is 12.8. The Balaban J connectivity index is 0.000000686. The van der Waals surface area contributed by atoms with Crippen LogP contribution in [0.25, 0.3) is 0 Å². The monoisotopic (exact) mass is 236 g/mol. The quantitative estimate of drug-likeness (QED) is 0.723. The van der Waals surface area contributed by atoms with Gasteiger partial charge < -0.3 is 4.90 Å². The molecule has 0 saturated heterocycles. The molecule has 1 saturated carbocycles. The van der Waals surface area contributed by atoms with E-state index in [4.69, 9.17) is 4.99 Å². The van der Waals surface area contributed by atoms with Crippen molar-refractivity contribution in [2.75, 3.05) is 13.1 Å². The molecule has 98 valence electrons. The van der Waals surface area contributed by atoms with Crippen molar-refractivity contribution in [3.8, 4) is 0 Å². The third kappa shape index (κ3) is 3.58. The van der Waals surface area contributed by atoms with Crippen molar-refractivity contribution >= 4 is 5.84 Å². The molecule has 2 unspecified atom stereocenters. The fourth-order valence-electron chi connectivity index (χ4n) is 2.39. The molecule has 1 aliphatic carbocycles. The van der Waals surface area contributed by atoms with Gasteiger partial charge in [-0.2, -0.15) is 0 Å². The minimum absolute atomic E-state index is 0.626. The standard InChI is InChI=1S/C13H22N2.C2H6/c1-4-6-15(7-5-2)13-8-10(3)11-9-12(11)14-13;1-2/h8,11-12H,4-7,9H2,1-3H3;1-2H3. The van der Waals surface area contributed by atoms with Crippen LogP contribution in [-0.4, -0.2) is 29.9 Å². The molecule has 17 heavy (non-hydrogen) atoms. The molecule has 0 spiro atoms. The summed E-state index contributed by atoms with van der Waals surface area (Å²) in [5, 5.41) is 0. The molecule has 2 nitrogen and oxygen atoms in total. The molecule has 1 fully saturated rings. The zero-order valence-corrected chi connectivity index (χ0v) is 12.2. The Morgan fingerprint density at radius 1 is 1.24 bits per heavy atom. The van der Waals surface area contributed by atoms with Crippen LogP contribution >= 0.6 is 0 Å². The maximum Gasteiger partial charge on any atom is 0.123 e. The Kier molecular flexibility index (Phi) is 5.73. The van der Waals surface area contributed by atoms with E-state index in [1.165, 1.54) is 25.1 Å². The van der Waals surface area contributed by atoms with Crippen LogP contribution in [0.3, 0.4) is 0 Å². The lowest BCUT2D eigenvalue weighted by Crippen LogP contribution is -2.32. The van der Waals surface area contributed by atoms with Gasteiger partial charge in [-0.3, -0.25) is 4.99 Å². The Hall–Kier alpha value is -0.790. The lowest BCUT2D eigenvalue weighted by molar-refractivity contribution is 0.416. The number of hydrogen-bond acceptors (Lipinski definition) is 2. The van der Waals surface area contributed by atoms with Crippen molar-refractivity contribution in [3.63, 3.8) is 0 Å². The van der Waals surface area contributed by atoms with Crippen molar-refractivity contribution in [1.29, 1.82) is 0 Å². The molecule has 1 heterocycles. The summed E-state index contributed by atoms with van der Waals surface area (Å²) in [5.74, 6) is 2.04. The molecule has 0 amide bonds.